The standard InChI is InChI=1S/C15H12N2O5/c1-2-21-10-3-4-11-12(7-8-16(18)13(11)9-10)14-5-6-15(22-14)17(19)20/h3-9H,2H2,1H3. The maximum atomic E-state index is 12.0. The zero-order chi connectivity index (χ0) is 15.7. The third-order valence-electron chi connectivity index (χ3n) is 3.22. The zero-order valence-electron chi connectivity index (χ0n) is 11.7. The third kappa shape index (κ3) is 2.32. The van der Waals surface area contributed by atoms with Gasteiger partial charge in [0, 0.05) is 11.6 Å². The molecule has 112 valence electrons. The van der Waals surface area contributed by atoms with E-state index in [9.17, 15) is 15.3 Å². The molecule has 0 atom stereocenters. The van der Waals surface area contributed by atoms with Crippen LogP contribution in [-0.2, 0) is 0 Å². The van der Waals surface area contributed by atoms with Crippen LogP contribution in [0, 0.1) is 15.3 Å². The second-order valence-electron chi connectivity index (χ2n) is 4.56. The molecule has 1 aromatic carbocycles. The lowest BCUT2D eigenvalue weighted by molar-refractivity contribution is -0.576. The van der Waals surface area contributed by atoms with Crippen molar-refractivity contribution in [1.29, 1.82) is 0 Å². The largest absolute Gasteiger partial charge is 0.618 e. The fourth-order valence-corrected chi connectivity index (χ4v) is 2.28. The summed E-state index contributed by atoms with van der Waals surface area (Å²) in [5, 5.41) is 23.3. The Morgan fingerprint density at radius 1 is 1.27 bits per heavy atom. The molecule has 0 aliphatic carbocycles. The predicted molar refractivity (Wildman–Crippen MR) is 78.4 cm³/mol. The number of rotatable bonds is 4. The molecule has 7 nitrogen and oxygen atoms in total. The first-order valence-corrected chi connectivity index (χ1v) is 6.63. The summed E-state index contributed by atoms with van der Waals surface area (Å²) < 4.78 is 11.3. The van der Waals surface area contributed by atoms with Gasteiger partial charge in [-0.05, 0) is 25.1 Å². The van der Waals surface area contributed by atoms with Gasteiger partial charge in [0.15, 0.2) is 6.20 Å². The minimum absolute atomic E-state index is 0.335. The van der Waals surface area contributed by atoms with E-state index < -0.39 is 4.92 Å². The van der Waals surface area contributed by atoms with Crippen LogP contribution in [0.1, 0.15) is 6.92 Å². The van der Waals surface area contributed by atoms with Gasteiger partial charge in [0.25, 0.3) is 0 Å². The first-order chi connectivity index (χ1) is 10.6. The Balaban J connectivity index is 2.17. The van der Waals surface area contributed by atoms with Gasteiger partial charge in [-0.3, -0.25) is 10.1 Å². The molecule has 22 heavy (non-hydrogen) atoms. The van der Waals surface area contributed by atoms with Crippen LogP contribution >= 0.6 is 0 Å². The SMILES string of the molecule is CCOc1ccc2c(-c3ccc([N+](=O)[O-])o3)cc[n+]([O-])c2c1. The average molecular weight is 300 g/mol. The molecule has 0 amide bonds. The molecule has 0 unspecified atom stereocenters. The van der Waals surface area contributed by atoms with Gasteiger partial charge in [-0.15, -0.1) is 0 Å². The number of hydrogen-bond acceptors (Lipinski definition) is 5. The average Bonchev–Trinajstić information content (AvgIpc) is 2.98. The third-order valence-corrected chi connectivity index (χ3v) is 3.22. The van der Waals surface area contributed by atoms with Crippen LogP contribution in [0.15, 0.2) is 47.0 Å². The van der Waals surface area contributed by atoms with Crippen molar-refractivity contribution in [3.63, 3.8) is 0 Å². The van der Waals surface area contributed by atoms with Gasteiger partial charge in [0.05, 0.1) is 24.1 Å². The fourth-order valence-electron chi connectivity index (χ4n) is 2.28. The van der Waals surface area contributed by atoms with Crippen molar-refractivity contribution in [2.24, 2.45) is 0 Å². The van der Waals surface area contributed by atoms with Crippen LogP contribution < -0.4 is 9.47 Å². The fraction of sp³-hybridized carbons (Fsp3) is 0.133. The van der Waals surface area contributed by atoms with E-state index in [4.69, 9.17) is 9.15 Å². The van der Waals surface area contributed by atoms with Crippen molar-refractivity contribution >= 4 is 16.8 Å². The van der Waals surface area contributed by atoms with Gasteiger partial charge in [-0.1, -0.05) is 0 Å². The number of aromatic nitrogens is 1. The highest BCUT2D eigenvalue weighted by Crippen LogP contribution is 2.32. The molecule has 0 radical (unpaired) electrons. The summed E-state index contributed by atoms with van der Waals surface area (Å²) in [4.78, 5) is 10.1. The Hall–Kier alpha value is -3.09. The second kappa shape index (κ2) is 5.36. The Morgan fingerprint density at radius 3 is 2.77 bits per heavy atom. The van der Waals surface area contributed by atoms with Crippen LogP contribution in [-0.4, -0.2) is 11.5 Å². The molecule has 0 bridgehead atoms. The summed E-state index contributed by atoms with van der Waals surface area (Å²) in [5.41, 5.74) is 1.01. The smallest absolute Gasteiger partial charge is 0.433 e. The molecule has 2 aromatic heterocycles. The number of nitrogens with zero attached hydrogens (tertiary/aromatic N) is 2. The number of fused-ring (bicyclic) bond motifs is 1. The number of benzene rings is 1. The molecule has 0 N–H and O–H groups in total. The van der Waals surface area contributed by atoms with Gasteiger partial charge >= 0.3 is 5.88 Å². The van der Waals surface area contributed by atoms with E-state index >= 15 is 0 Å². The summed E-state index contributed by atoms with van der Waals surface area (Å²) in [6, 6.07) is 9.47. The first-order valence-electron chi connectivity index (χ1n) is 6.63. The van der Waals surface area contributed by atoms with E-state index in [2.05, 4.69) is 0 Å². The number of nitro groups is 1. The van der Waals surface area contributed by atoms with Gasteiger partial charge in [0.2, 0.25) is 5.52 Å². The van der Waals surface area contributed by atoms with Crippen LogP contribution in [0.3, 0.4) is 0 Å². The first kappa shape index (κ1) is 13.9. The molecule has 2 heterocycles. The van der Waals surface area contributed by atoms with Crippen molar-refractivity contribution in [2.45, 2.75) is 6.92 Å². The predicted octanol–water partition coefficient (Wildman–Crippen LogP) is 3.04. The molecule has 3 aromatic rings. The number of furan rings is 1. The van der Waals surface area contributed by atoms with Gasteiger partial charge in [-0.2, -0.15) is 4.73 Å². The summed E-state index contributed by atoms with van der Waals surface area (Å²) in [5.74, 6) is 0.580. The van der Waals surface area contributed by atoms with Crippen molar-refractivity contribution in [3.8, 4) is 17.1 Å². The number of ether oxygens (including phenoxy) is 1. The van der Waals surface area contributed by atoms with Crippen molar-refractivity contribution < 1.29 is 18.8 Å². The highest BCUT2D eigenvalue weighted by molar-refractivity contribution is 5.92. The van der Waals surface area contributed by atoms with Crippen LogP contribution in [0.2, 0.25) is 0 Å². The maximum Gasteiger partial charge on any atom is 0.433 e. The van der Waals surface area contributed by atoms with E-state index in [1.165, 1.54) is 18.3 Å². The molecule has 3 rings (SSSR count). The lowest BCUT2D eigenvalue weighted by atomic mass is 10.1. The summed E-state index contributed by atoms with van der Waals surface area (Å²) in [6.45, 7) is 2.35. The zero-order valence-corrected chi connectivity index (χ0v) is 11.7. The highest BCUT2D eigenvalue weighted by atomic mass is 16.6. The van der Waals surface area contributed by atoms with E-state index in [0.29, 0.717) is 34.6 Å². The van der Waals surface area contributed by atoms with Gasteiger partial charge in [0.1, 0.15) is 16.4 Å². The monoisotopic (exact) mass is 300 g/mol. The summed E-state index contributed by atoms with van der Waals surface area (Å²) in [7, 11) is 0. The van der Waals surface area contributed by atoms with Crippen molar-refractivity contribution in [2.75, 3.05) is 6.61 Å². The van der Waals surface area contributed by atoms with Crippen molar-refractivity contribution in [1.82, 2.24) is 0 Å². The van der Waals surface area contributed by atoms with E-state index in [1.807, 2.05) is 6.92 Å². The van der Waals surface area contributed by atoms with Gasteiger partial charge < -0.3 is 14.4 Å². The summed E-state index contributed by atoms with van der Waals surface area (Å²) in [6.07, 6.45) is 1.34. The molecule has 0 aliphatic heterocycles. The number of hydrogen-bond donors (Lipinski definition) is 0. The van der Waals surface area contributed by atoms with Crippen LogP contribution in [0.5, 0.6) is 5.75 Å². The lowest BCUT2D eigenvalue weighted by Gasteiger charge is -2.07. The Bertz CT molecular complexity index is 856. The van der Waals surface area contributed by atoms with Crippen LogP contribution in [0.4, 0.5) is 5.88 Å². The molecular formula is C15H12N2O5. The van der Waals surface area contributed by atoms with Crippen molar-refractivity contribution in [3.05, 3.63) is 57.9 Å². The molecule has 0 spiro atoms. The van der Waals surface area contributed by atoms with E-state index in [0.717, 1.165) is 4.73 Å². The minimum Gasteiger partial charge on any atom is -0.618 e. The van der Waals surface area contributed by atoms with Crippen LogP contribution in [0.25, 0.3) is 22.2 Å². The van der Waals surface area contributed by atoms with E-state index in [-0.39, 0.29) is 5.88 Å². The molecule has 0 saturated heterocycles. The summed E-state index contributed by atoms with van der Waals surface area (Å²) >= 11 is 0. The Morgan fingerprint density at radius 2 is 2.09 bits per heavy atom. The molecular weight excluding hydrogens is 288 g/mol. The normalized spacial score (nSPS) is 10.8. The lowest BCUT2D eigenvalue weighted by Crippen LogP contribution is -2.26. The van der Waals surface area contributed by atoms with Gasteiger partial charge in [-0.25, -0.2) is 0 Å². The topological polar surface area (TPSA) is 92.5 Å². The van der Waals surface area contributed by atoms with E-state index in [1.54, 1.807) is 24.3 Å². The Kier molecular flexibility index (Phi) is 3.38. The molecule has 0 fully saturated rings. The second-order valence-corrected chi connectivity index (χ2v) is 4.56. The number of pyridine rings is 1. The Labute approximate surface area is 125 Å². The minimum atomic E-state index is -0.602. The highest BCUT2D eigenvalue weighted by Gasteiger charge is 2.18. The maximum absolute atomic E-state index is 12.0. The molecule has 0 aliphatic rings. The molecule has 0 saturated carbocycles. The molecule has 7 heteroatoms. The quantitative estimate of drug-likeness (QED) is 0.319.